The first-order valence-corrected chi connectivity index (χ1v) is 24.0. The molecule has 11 heteroatoms. The SMILES string of the molecule is CCCCCCCCCCCCCCCCCCCCC(=O)OC[C@@H](COP(=O)(O)OC[C@H](O)CO)OC(=O)CCCCCCCCCCCCCCC. The lowest BCUT2D eigenvalue weighted by Crippen LogP contribution is -2.29. The molecule has 0 spiro atoms. The quantitative estimate of drug-likeness (QED) is 0.0309. The molecule has 0 saturated heterocycles. The second-order valence-corrected chi connectivity index (χ2v) is 16.9. The van der Waals surface area contributed by atoms with Gasteiger partial charge in [-0.05, 0) is 12.8 Å². The van der Waals surface area contributed by atoms with Crippen LogP contribution in [0.3, 0.4) is 0 Å². The van der Waals surface area contributed by atoms with Gasteiger partial charge in [-0.3, -0.25) is 18.6 Å². The number of carbonyl (C=O) groups is 2. The Bertz CT molecular complexity index is 873. The number of ether oxygens (including phenoxy) is 2. The standard InChI is InChI=1S/C43H85O10P/c1-3-5-7-9-11-13-15-17-18-19-20-21-23-24-26-28-30-32-34-42(46)50-38-41(39-52-54(48,49)51-37-40(45)36-44)53-43(47)35-33-31-29-27-25-22-16-14-12-10-8-6-4-2/h40-41,44-45H,3-39H2,1-2H3,(H,48,49)/t40-,41+/m1/s1. The molecule has 0 aromatic carbocycles. The Kier molecular flexibility index (Phi) is 39.4. The number of rotatable bonds is 43. The fraction of sp³-hybridized carbons (Fsp3) is 0.953. The maximum Gasteiger partial charge on any atom is 0.472 e. The fourth-order valence-corrected chi connectivity index (χ4v) is 7.31. The number of hydrogen-bond donors (Lipinski definition) is 3. The van der Waals surface area contributed by atoms with Gasteiger partial charge in [-0.25, -0.2) is 4.57 Å². The van der Waals surface area contributed by atoms with E-state index in [1.165, 1.54) is 154 Å². The van der Waals surface area contributed by atoms with E-state index in [2.05, 4.69) is 13.8 Å². The maximum atomic E-state index is 12.6. The molecule has 0 radical (unpaired) electrons. The Balaban J connectivity index is 4.19. The normalized spacial score (nSPS) is 13.8. The van der Waals surface area contributed by atoms with Gasteiger partial charge in [-0.2, -0.15) is 0 Å². The smallest absolute Gasteiger partial charge is 0.462 e. The highest BCUT2D eigenvalue weighted by Gasteiger charge is 2.27. The number of phosphoric acid groups is 1. The van der Waals surface area contributed by atoms with Crippen molar-refractivity contribution in [3.63, 3.8) is 0 Å². The summed E-state index contributed by atoms with van der Waals surface area (Å²) >= 11 is 0. The van der Waals surface area contributed by atoms with Gasteiger partial charge in [0.25, 0.3) is 0 Å². The molecule has 0 aliphatic rings. The van der Waals surface area contributed by atoms with Gasteiger partial charge in [-0.15, -0.1) is 0 Å². The first-order chi connectivity index (χ1) is 26.2. The van der Waals surface area contributed by atoms with E-state index >= 15 is 0 Å². The van der Waals surface area contributed by atoms with Crippen LogP contribution in [-0.4, -0.2) is 65.7 Å². The average Bonchev–Trinajstić information content (AvgIpc) is 3.16. The zero-order chi connectivity index (χ0) is 39.8. The van der Waals surface area contributed by atoms with Gasteiger partial charge in [0.15, 0.2) is 6.10 Å². The highest BCUT2D eigenvalue weighted by atomic mass is 31.2. The van der Waals surface area contributed by atoms with Crippen molar-refractivity contribution in [3.05, 3.63) is 0 Å². The molecule has 0 rings (SSSR count). The molecule has 0 aromatic rings. The maximum absolute atomic E-state index is 12.6. The summed E-state index contributed by atoms with van der Waals surface area (Å²) in [6.45, 7) is 2.42. The molecule has 54 heavy (non-hydrogen) atoms. The summed E-state index contributed by atoms with van der Waals surface area (Å²) in [6.07, 6.45) is 36.4. The van der Waals surface area contributed by atoms with Gasteiger partial charge < -0.3 is 24.6 Å². The van der Waals surface area contributed by atoms with Gasteiger partial charge in [0.05, 0.1) is 19.8 Å². The van der Waals surface area contributed by atoms with Crippen molar-refractivity contribution in [1.82, 2.24) is 0 Å². The predicted molar refractivity (Wildman–Crippen MR) is 219 cm³/mol. The molecular weight excluding hydrogens is 707 g/mol. The third-order valence-electron chi connectivity index (χ3n) is 10.0. The summed E-state index contributed by atoms with van der Waals surface area (Å²) in [5.74, 6) is -0.908. The lowest BCUT2D eigenvalue weighted by molar-refractivity contribution is -0.161. The minimum Gasteiger partial charge on any atom is -0.462 e. The van der Waals surface area contributed by atoms with E-state index in [0.29, 0.717) is 12.8 Å². The minimum atomic E-state index is -4.61. The van der Waals surface area contributed by atoms with E-state index in [4.69, 9.17) is 23.6 Å². The molecule has 0 bridgehead atoms. The molecule has 3 N–H and O–H groups in total. The van der Waals surface area contributed by atoms with Crippen LogP contribution in [0.25, 0.3) is 0 Å². The molecule has 0 amide bonds. The van der Waals surface area contributed by atoms with Crippen LogP contribution in [0, 0.1) is 0 Å². The highest BCUT2D eigenvalue weighted by Crippen LogP contribution is 2.43. The summed E-state index contributed by atoms with van der Waals surface area (Å²) in [5.41, 5.74) is 0. The van der Waals surface area contributed by atoms with Crippen molar-refractivity contribution in [3.8, 4) is 0 Å². The lowest BCUT2D eigenvalue weighted by Gasteiger charge is -2.20. The van der Waals surface area contributed by atoms with Crippen LogP contribution in [0.2, 0.25) is 0 Å². The predicted octanol–water partition coefficient (Wildman–Crippen LogP) is 11.8. The third-order valence-corrected chi connectivity index (χ3v) is 11.0. The molecule has 0 heterocycles. The van der Waals surface area contributed by atoms with Crippen molar-refractivity contribution < 1.29 is 47.8 Å². The molecule has 10 nitrogen and oxygen atoms in total. The summed E-state index contributed by atoms with van der Waals surface area (Å²) in [6, 6.07) is 0. The van der Waals surface area contributed by atoms with Gasteiger partial charge in [0, 0.05) is 12.8 Å². The first kappa shape index (κ1) is 53.0. The summed E-state index contributed by atoms with van der Waals surface area (Å²) in [7, 11) is -4.61. The van der Waals surface area contributed by atoms with Crippen LogP contribution in [0.1, 0.15) is 226 Å². The molecule has 1 unspecified atom stereocenters. The number of unbranched alkanes of at least 4 members (excludes halogenated alkanes) is 29. The van der Waals surface area contributed by atoms with Crippen molar-refractivity contribution in [2.24, 2.45) is 0 Å². The molecule has 0 saturated carbocycles. The van der Waals surface area contributed by atoms with Crippen LogP contribution >= 0.6 is 7.82 Å². The highest BCUT2D eigenvalue weighted by molar-refractivity contribution is 7.47. The van der Waals surface area contributed by atoms with Gasteiger partial charge in [0.2, 0.25) is 0 Å². The zero-order valence-corrected chi connectivity index (χ0v) is 35.9. The van der Waals surface area contributed by atoms with Gasteiger partial charge in [0.1, 0.15) is 12.7 Å². The van der Waals surface area contributed by atoms with Gasteiger partial charge in [-0.1, -0.05) is 200 Å². The first-order valence-electron chi connectivity index (χ1n) is 22.5. The van der Waals surface area contributed by atoms with Crippen LogP contribution in [0.4, 0.5) is 0 Å². The average molecular weight is 793 g/mol. The van der Waals surface area contributed by atoms with Crippen LogP contribution in [0.5, 0.6) is 0 Å². The van der Waals surface area contributed by atoms with E-state index in [-0.39, 0.29) is 19.4 Å². The van der Waals surface area contributed by atoms with Crippen LogP contribution in [-0.2, 0) is 32.7 Å². The second-order valence-electron chi connectivity index (χ2n) is 15.4. The second kappa shape index (κ2) is 40.2. The van der Waals surface area contributed by atoms with Crippen LogP contribution < -0.4 is 0 Å². The number of phosphoric ester groups is 1. The van der Waals surface area contributed by atoms with Crippen molar-refractivity contribution in [1.29, 1.82) is 0 Å². The largest absolute Gasteiger partial charge is 0.472 e. The monoisotopic (exact) mass is 793 g/mol. The lowest BCUT2D eigenvalue weighted by atomic mass is 10.0. The van der Waals surface area contributed by atoms with Crippen molar-refractivity contribution in [2.45, 2.75) is 238 Å². The minimum absolute atomic E-state index is 0.192. The van der Waals surface area contributed by atoms with Crippen LogP contribution in [0.15, 0.2) is 0 Å². The van der Waals surface area contributed by atoms with Crippen molar-refractivity contribution >= 4 is 19.8 Å². The summed E-state index contributed by atoms with van der Waals surface area (Å²) in [5, 5.41) is 18.3. The molecule has 322 valence electrons. The molecule has 3 atom stereocenters. The Morgan fingerprint density at radius 1 is 0.481 bits per heavy atom. The summed E-state index contributed by atoms with van der Waals surface area (Å²) < 4.78 is 32.7. The molecule has 0 aromatic heterocycles. The fourth-order valence-electron chi connectivity index (χ4n) is 6.52. The molecule has 0 aliphatic heterocycles. The topological polar surface area (TPSA) is 149 Å². The van der Waals surface area contributed by atoms with Crippen molar-refractivity contribution in [2.75, 3.05) is 26.4 Å². The Morgan fingerprint density at radius 3 is 1.15 bits per heavy atom. The Morgan fingerprint density at radius 2 is 0.796 bits per heavy atom. The zero-order valence-electron chi connectivity index (χ0n) is 35.0. The Hall–Kier alpha value is -1.03. The van der Waals surface area contributed by atoms with E-state index in [0.717, 1.165) is 32.1 Å². The third kappa shape index (κ3) is 39.2. The number of hydrogen-bond acceptors (Lipinski definition) is 9. The number of aliphatic hydroxyl groups is 2. The van der Waals surface area contributed by atoms with E-state index < -0.39 is 51.8 Å². The molecular formula is C43H85O10P. The van der Waals surface area contributed by atoms with E-state index in [1.807, 2.05) is 0 Å². The Labute approximate surface area is 331 Å². The number of esters is 2. The molecule has 0 aliphatic carbocycles. The summed E-state index contributed by atoms with van der Waals surface area (Å²) in [4.78, 5) is 35.0. The van der Waals surface area contributed by atoms with E-state index in [9.17, 15) is 24.2 Å². The number of carbonyl (C=O) groups excluding carboxylic acids is 2. The van der Waals surface area contributed by atoms with E-state index in [1.54, 1.807) is 0 Å². The molecule has 0 fully saturated rings. The van der Waals surface area contributed by atoms with Gasteiger partial charge >= 0.3 is 19.8 Å². The number of aliphatic hydroxyl groups excluding tert-OH is 2.